The van der Waals surface area contributed by atoms with Crippen molar-refractivity contribution in [3.05, 3.63) is 41.7 Å². The first-order chi connectivity index (χ1) is 7.56. The number of aromatic nitrogens is 1. The fourth-order valence-corrected chi connectivity index (χ4v) is 1.51. The summed E-state index contributed by atoms with van der Waals surface area (Å²) in [6, 6.07) is 5.12. The molecule has 0 fully saturated rings. The van der Waals surface area contributed by atoms with Crippen LogP contribution in [0.25, 0.3) is 0 Å². The number of pyridine rings is 1. The summed E-state index contributed by atoms with van der Waals surface area (Å²) in [5, 5.41) is 0.327. The molecule has 0 saturated heterocycles. The first-order valence-electron chi connectivity index (χ1n) is 5.10. The predicted octanol–water partition coefficient (Wildman–Crippen LogP) is 2.77. The van der Waals surface area contributed by atoms with Crippen LogP contribution in [0.5, 0.6) is 0 Å². The van der Waals surface area contributed by atoms with Gasteiger partial charge in [-0.1, -0.05) is 23.7 Å². The summed E-state index contributed by atoms with van der Waals surface area (Å²) in [6.07, 6.45) is 1.70. The SMILES string of the molecule is C=CCN(C(=O)c1cccc(Cl)n1)C(C)C. The van der Waals surface area contributed by atoms with Crippen LogP contribution in [-0.4, -0.2) is 28.4 Å². The van der Waals surface area contributed by atoms with E-state index < -0.39 is 0 Å². The maximum Gasteiger partial charge on any atom is 0.273 e. The van der Waals surface area contributed by atoms with Crippen molar-refractivity contribution in [2.75, 3.05) is 6.54 Å². The summed E-state index contributed by atoms with van der Waals surface area (Å²) in [4.78, 5) is 17.8. The minimum atomic E-state index is -0.127. The van der Waals surface area contributed by atoms with Crippen molar-refractivity contribution in [3.8, 4) is 0 Å². The molecule has 16 heavy (non-hydrogen) atoms. The van der Waals surface area contributed by atoms with Crippen molar-refractivity contribution in [2.45, 2.75) is 19.9 Å². The standard InChI is InChI=1S/C12H15ClN2O/c1-4-8-15(9(2)3)12(16)10-6-5-7-11(13)14-10/h4-7,9H,1,8H2,2-3H3. The van der Waals surface area contributed by atoms with E-state index in [1.807, 2.05) is 13.8 Å². The second kappa shape index (κ2) is 5.66. The lowest BCUT2D eigenvalue weighted by molar-refractivity contribution is 0.0723. The van der Waals surface area contributed by atoms with Crippen LogP contribution >= 0.6 is 11.6 Å². The normalized spacial score (nSPS) is 10.2. The van der Waals surface area contributed by atoms with Crippen LogP contribution in [0.3, 0.4) is 0 Å². The Hall–Kier alpha value is -1.35. The van der Waals surface area contributed by atoms with E-state index >= 15 is 0 Å². The highest BCUT2D eigenvalue weighted by atomic mass is 35.5. The van der Waals surface area contributed by atoms with Crippen LogP contribution in [0.2, 0.25) is 5.15 Å². The van der Waals surface area contributed by atoms with Crippen LogP contribution in [0.4, 0.5) is 0 Å². The van der Waals surface area contributed by atoms with Gasteiger partial charge in [-0.15, -0.1) is 6.58 Å². The summed E-state index contributed by atoms with van der Waals surface area (Å²) in [6.45, 7) is 8.04. The number of rotatable bonds is 4. The molecule has 0 spiro atoms. The summed E-state index contributed by atoms with van der Waals surface area (Å²) in [5.74, 6) is -0.127. The molecule has 86 valence electrons. The molecule has 0 radical (unpaired) electrons. The van der Waals surface area contributed by atoms with E-state index in [0.29, 0.717) is 17.4 Å². The van der Waals surface area contributed by atoms with Crippen molar-refractivity contribution in [2.24, 2.45) is 0 Å². The number of nitrogens with zero attached hydrogens (tertiary/aromatic N) is 2. The maximum absolute atomic E-state index is 12.1. The third kappa shape index (κ3) is 3.07. The van der Waals surface area contributed by atoms with Gasteiger partial charge in [0.05, 0.1) is 0 Å². The van der Waals surface area contributed by atoms with E-state index in [0.717, 1.165) is 0 Å². The Kier molecular flexibility index (Phi) is 4.50. The molecule has 1 aromatic heterocycles. The maximum atomic E-state index is 12.1. The summed E-state index contributed by atoms with van der Waals surface area (Å²) in [5.41, 5.74) is 0.364. The van der Waals surface area contributed by atoms with Crippen LogP contribution in [0.1, 0.15) is 24.3 Å². The van der Waals surface area contributed by atoms with E-state index in [9.17, 15) is 4.79 Å². The number of hydrogen-bond donors (Lipinski definition) is 0. The lowest BCUT2D eigenvalue weighted by Crippen LogP contribution is -2.37. The quantitative estimate of drug-likeness (QED) is 0.597. The Morgan fingerprint density at radius 2 is 2.31 bits per heavy atom. The molecular formula is C12H15ClN2O. The number of carbonyl (C=O) groups excluding carboxylic acids is 1. The molecular weight excluding hydrogens is 224 g/mol. The molecule has 0 bridgehead atoms. The number of amides is 1. The second-order valence-corrected chi connectivity index (χ2v) is 4.07. The zero-order chi connectivity index (χ0) is 12.1. The molecule has 4 heteroatoms. The fraction of sp³-hybridized carbons (Fsp3) is 0.333. The third-order valence-corrected chi connectivity index (χ3v) is 2.35. The molecule has 0 aliphatic carbocycles. The molecule has 0 aliphatic rings. The monoisotopic (exact) mass is 238 g/mol. The van der Waals surface area contributed by atoms with E-state index in [4.69, 9.17) is 11.6 Å². The average Bonchev–Trinajstić information content (AvgIpc) is 2.24. The van der Waals surface area contributed by atoms with Crippen molar-refractivity contribution < 1.29 is 4.79 Å². The molecule has 0 N–H and O–H groups in total. The van der Waals surface area contributed by atoms with Gasteiger partial charge in [-0.25, -0.2) is 4.98 Å². The Balaban J connectivity index is 2.94. The van der Waals surface area contributed by atoms with E-state index in [1.54, 1.807) is 29.2 Å². The lowest BCUT2D eigenvalue weighted by Gasteiger charge is -2.24. The molecule has 0 atom stereocenters. The highest BCUT2D eigenvalue weighted by Crippen LogP contribution is 2.10. The van der Waals surface area contributed by atoms with Gasteiger partial charge in [0, 0.05) is 12.6 Å². The molecule has 3 nitrogen and oxygen atoms in total. The van der Waals surface area contributed by atoms with Crippen molar-refractivity contribution in [3.63, 3.8) is 0 Å². The molecule has 0 aliphatic heterocycles. The van der Waals surface area contributed by atoms with E-state index in [2.05, 4.69) is 11.6 Å². The summed E-state index contributed by atoms with van der Waals surface area (Å²) >= 11 is 5.75. The van der Waals surface area contributed by atoms with Gasteiger partial charge in [-0.3, -0.25) is 4.79 Å². The van der Waals surface area contributed by atoms with Gasteiger partial charge < -0.3 is 4.90 Å². The van der Waals surface area contributed by atoms with Gasteiger partial charge >= 0.3 is 0 Å². The second-order valence-electron chi connectivity index (χ2n) is 3.69. The highest BCUT2D eigenvalue weighted by Gasteiger charge is 2.18. The predicted molar refractivity (Wildman–Crippen MR) is 65.6 cm³/mol. The highest BCUT2D eigenvalue weighted by molar-refractivity contribution is 6.29. The van der Waals surface area contributed by atoms with Crippen LogP contribution in [0, 0.1) is 0 Å². The number of halogens is 1. The lowest BCUT2D eigenvalue weighted by atomic mass is 10.2. The zero-order valence-electron chi connectivity index (χ0n) is 9.48. The first-order valence-corrected chi connectivity index (χ1v) is 5.48. The van der Waals surface area contributed by atoms with E-state index in [-0.39, 0.29) is 11.9 Å². The zero-order valence-corrected chi connectivity index (χ0v) is 10.2. The van der Waals surface area contributed by atoms with Crippen molar-refractivity contribution >= 4 is 17.5 Å². The topological polar surface area (TPSA) is 33.2 Å². The van der Waals surface area contributed by atoms with Gasteiger partial charge in [-0.05, 0) is 26.0 Å². The summed E-state index contributed by atoms with van der Waals surface area (Å²) < 4.78 is 0. The Morgan fingerprint density at radius 1 is 1.62 bits per heavy atom. The van der Waals surface area contributed by atoms with Crippen molar-refractivity contribution in [1.29, 1.82) is 0 Å². The van der Waals surface area contributed by atoms with Gasteiger partial charge in [0.25, 0.3) is 5.91 Å². The summed E-state index contributed by atoms with van der Waals surface area (Å²) in [7, 11) is 0. The van der Waals surface area contributed by atoms with Gasteiger partial charge in [0.1, 0.15) is 10.8 Å². The Bertz CT molecular complexity index is 390. The minimum Gasteiger partial charge on any atom is -0.331 e. The fourth-order valence-electron chi connectivity index (χ4n) is 1.34. The number of hydrogen-bond acceptors (Lipinski definition) is 2. The molecule has 1 heterocycles. The molecule has 1 rings (SSSR count). The van der Waals surface area contributed by atoms with Crippen molar-refractivity contribution in [1.82, 2.24) is 9.88 Å². The largest absolute Gasteiger partial charge is 0.331 e. The van der Waals surface area contributed by atoms with E-state index in [1.165, 1.54) is 0 Å². The smallest absolute Gasteiger partial charge is 0.273 e. The van der Waals surface area contributed by atoms with Gasteiger partial charge in [0.15, 0.2) is 0 Å². The molecule has 0 aromatic carbocycles. The molecule has 0 saturated carbocycles. The Labute approximate surface area is 101 Å². The molecule has 1 amide bonds. The van der Waals surface area contributed by atoms with Gasteiger partial charge in [0.2, 0.25) is 0 Å². The molecule has 0 unspecified atom stereocenters. The van der Waals surface area contributed by atoms with Gasteiger partial charge in [-0.2, -0.15) is 0 Å². The Morgan fingerprint density at radius 3 is 2.81 bits per heavy atom. The van der Waals surface area contributed by atoms with Crippen LogP contribution in [-0.2, 0) is 0 Å². The van der Waals surface area contributed by atoms with Crippen LogP contribution in [0.15, 0.2) is 30.9 Å². The number of carbonyl (C=O) groups is 1. The minimum absolute atomic E-state index is 0.103. The third-order valence-electron chi connectivity index (χ3n) is 2.14. The average molecular weight is 239 g/mol. The molecule has 1 aromatic rings. The van der Waals surface area contributed by atoms with Crippen LogP contribution < -0.4 is 0 Å². The first kappa shape index (κ1) is 12.7.